The van der Waals surface area contributed by atoms with Crippen LogP contribution in [0.25, 0.3) is 0 Å². The summed E-state index contributed by atoms with van der Waals surface area (Å²) in [6.07, 6.45) is 1.46. The van der Waals surface area contributed by atoms with Crippen molar-refractivity contribution in [2.45, 2.75) is 32.6 Å². The molecule has 1 amide bonds. The van der Waals surface area contributed by atoms with Crippen molar-refractivity contribution < 1.29 is 22.7 Å². The number of nitrogens with one attached hydrogen (secondary N) is 1. The van der Waals surface area contributed by atoms with Crippen molar-refractivity contribution in [3.8, 4) is 11.5 Å². The molecule has 0 bridgehead atoms. The van der Waals surface area contributed by atoms with E-state index in [0.29, 0.717) is 36.0 Å². The van der Waals surface area contributed by atoms with E-state index < -0.39 is 22.5 Å². The average molecular weight is 510 g/mol. The van der Waals surface area contributed by atoms with Crippen LogP contribution in [0.2, 0.25) is 0 Å². The van der Waals surface area contributed by atoms with Crippen LogP contribution in [0.4, 0.5) is 5.69 Å². The van der Waals surface area contributed by atoms with E-state index in [1.54, 1.807) is 48.5 Å². The predicted octanol–water partition coefficient (Wildman–Crippen LogP) is 4.45. The molecular formula is C27H31N3O5S. The maximum atomic E-state index is 13.4. The Morgan fingerprint density at radius 1 is 0.917 bits per heavy atom. The highest BCUT2D eigenvalue weighted by molar-refractivity contribution is 7.92. The standard InChI is InChI=1S/C27H31N3O5S/c1-5-34-25-15-13-22(17-26(25)35-6-2)18-28-29-27(31)19-30(23-14-12-20(3)21(4)16-23)36(32,33)24-10-8-7-9-11-24/h7-18H,5-6,19H2,1-4H3,(H,29,31)/b28-18-. The van der Waals surface area contributed by atoms with Gasteiger partial charge < -0.3 is 9.47 Å². The number of hydrogen-bond acceptors (Lipinski definition) is 6. The van der Waals surface area contributed by atoms with Gasteiger partial charge in [-0.05, 0) is 86.8 Å². The number of carbonyl (C=O) groups is 1. The molecule has 9 heteroatoms. The van der Waals surface area contributed by atoms with E-state index in [2.05, 4.69) is 10.5 Å². The van der Waals surface area contributed by atoms with Gasteiger partial charge in [0.25, 0.3) is 15.9 Å². The molecule has 0 aliphatic carbocycles. The molecule has 0 saturated heterocycles. The molecule has 0 unspecified atom stereocenters. The highest BCUT2D eigenvalue weighted by Gasteiger charge is 2.27. The van der Waals surface area contributed by atoms with Gasteiger partial charge in [0.15, 0.2) is 11.5 Å². The third kappa shape index (κ3) is 6.63. The number of nitrogens with zero attached hydrogens (tertiary/aromatic N) is 2. The molecule has 0 aliphatic rings. The van der Waals surface area contributed by atoms with Gasteiger partial charge in [0, 0.05) is 0 Å². The van der Waals surface area contributed by atoms with Gasteiger partial charge >= 0.3 is 0 Å². The normalized spacial score (nSPS) is 11.3. The Kier molecular flexibility index (Phi) is 9.08. The molecule has 1 N–H and O–H groups in total. The molecular weight excluding hydrogens is 478 g/mol. The maximum absolute atomic E-state index is 13.4. The number of anilines is 1. The largest absolute Gasteiger partial charge is 0.490 e. The minimum Gasteiger partial charge on any atom is -0.490 e. The Hall–Kier alpha value is -3.85. The minimum atomic E-state index is -3.99. The summed E-state index contributed by atoms with van der Waals surface area (Å²) < 4.78 is 39.1. The zero-order chi connectivity index (χ0) is 26.1. The molecule has 0 aliphatic heterocycles. The summed E-state index contributed by atoms with van der Waals surface area (Å²) in [6.45, 7) is 8.14. The molecule has 0 heterocycles. The highest BCUT2D eigenvalue weighted by Crippen LogP contribution is 2.28. The van der Waals surface area contributed by atoms with Gasteiger partial charge in [-0.25, -0.2) is 13.8 Å². The summed E-state index contributed by atoms with van der Waals surface area (Å²) in [5, 5.41) is 4.01. The summed E-state index contributed by atoms with van der Waals surface area (Å²) in [4.78, 5) is 12.9. The molecule has 0 fully saturated rings. The third-order valence-corrected chi connectivity index (χ3v) is 7.16. The van der Waals surface area contributed by atoms with Gasteiger partial charge in [0.2, 0.25) is 0 Å². The van der Waals surface area contributed by atoms with Crippen LogP contribution in [-0.2, 0) is 14.8 Å². The van der Waals surface area contributed by atoms with Gasteiger partial charge in [0.05, 0.1) is 30.0 Å². The number of rotatable bonds is 11. The van der Waals surface area contributed by atoms with Crippen LogP contribution in [0.15, 0.2) is 76.7 Å². The van der Waals surface area contributed by atoms with Crippen molar-refractivity contribution in [1.82, 2.24) is 5.43 Å². The average Bonchev–Trinajstić information content (AvgIpc) is 2.86. The van der Waals surface area contributed by atoms with Crippen molar-refractivity contribution in [1.29, 1.82) is 0 Å². The van der Waals surface area contributed by atoms with Crippen LogP contribution in [0.1, 0.15) is 30.5 Å². The number of hydrogen-bond donors (Lipinski definition) is 1. The lowest BCUT2D eigenvalue weighted by Crippen LogP contribution is -2.39. The monoisotopic (exact) mass is 509 g/mol. The van der Waals surface area contributed by atoms with Crippen molar-refractivity contribution in [2.75, 3.05) is 24.1 Å². The van der Waals surface area contributed by atoms with Crippen LogP contribution in [0, 0.1) is 13.8 Å². The summed E-state index contributed by atoms with van der Waals surface area (Å²) in [6, 6.07) is 18.6. The topological polar surface area (TPSA) is 97.3 Å². The van der Waals surface area contributed by atoms with E-state index in [1.165, 1.54) is 18.3 Å². The van der Waals surface area contributed by atoms with Gasteiger partial charge in [-0.15, -0.1) is 0 Å². The van der Waals surface area contributed by atoms with Crippen molar-refractivity contribution in [2.24, 2.45) is 5.10 Å². The fraction of sp³-hybridized carbons (Fsp3) is 0.259. The molecule has 0 spiro atoms. The zero-order valence-electron chi connectivity index (χ0n) is 20.9. The number of amides is 1. The Bertz CT molecular complexity index is 1320. The lowest BCUT2D eigenvalue weighted by Gasteiger charge is -2.24. The van der Waals surface area contributed by atoms with Gasteiger partial charge in [-0.1, -0.05) is 24.3 Å². The van der Waals surface area contributed by atoms with E-state index in [1.807, 2.05) is 33.8 Å². The van der Waals surface area contributed by atoms with Gasteiger partial charge in [-0.2, -0.15) is 5.10 Å². The molecule has 0 aromatic heterocycles. The molecule has 0 radical (unpaired) electrons. The molecule has 3 aromatic carbocycles. The minimum absolute atomic E-state index is 0.0948. The Balaban J connectivity index is 1.81. The van der Waals surface area contributed by atoms with Crippen molar-refractivity contribution in [3.63, 3.8) is 0 Å². The van der Waals surface area contributed by atoms with Crippen molar-refractivity contribution in [3.05, 3.63) is 83.4 Å². The summed E-state index contributed by atoms with van der Waals surface area (Å²) in [7, 11) is -3.99. The fourth-order valence-corrected chi connectivity index (χ4v) is 4.84. The van der Waals surface area contributed by atoms with Crippen LogP contribution >= 0.6 is 0 Å². The Morgan fingerprint density at radius 3 is 2.28 bits per heavy atom. The number of carbonyl (C=O) groups excluding carboxylic acids is 1. The molecule has 3 rings (SSSR count). The quantitative estimate of drug-likeness (QED) is 0.304. The van der Waals surface area contributed by atoms with E-state index >= 15 is 0 Å². The first-order valence-electron chi connectivity index (χ1n) is 11.6. The molecule has 0 atom stereocenters. The number of ether oxygens (including phenoxy) is 2. The lowest BCUT2D eigenvalue weighted by molar-refractivity contribution is -0.119. The first-order chi connectivity index (χ1) is 17.3. The Morgan fingerprint density at radius 2 is 1.61 bits per heavy atom. The first kappa shape index (κ1) is 26.7. The number of sulfonamides is 1. The smallest absolute Gasteiger partial charge is 0.264 e. The highest BCUT2D eigenvalue weighted by atomic mass is 32.2. The number of hydrazone groups is 1. The second-order valence-corrected chi connectivity index (χ2v) is 9.82. The SMILES string of the molecule is CCOc1ccc(/C=N\NC(=O)CN(c2ccc(C)c(C)c2)S(=O)(=O)c2ccccc2)cc1OCC. The molecule has 0 saturated carbocycles. The first-order valence-corrected chi connectivity index (χ1v) is 13.1. The van der Waals surface area contributed by atoms with E-state index in [9.17, 15) is 13.2 Å². The van der Waals surface area contributed by atoms with Crippen LogP contribution in [-0.4, -0.2) is 40.3 Å². The fourth-order valence-electron chi connectivity index (χ4n) is 3.41. The van der Waals surface area contributed by atoms with Crippen LogP contribution < -0.4 is 19.2 Å². The number of benzene rings is 3. The van der Waals surface area contributed by atoms with E-state index in [4.69, 9.17) is 9.47 Å². The van der Waals surface area contributed by atoms with Gasteiger partial charge in [-0.3, -0.25) is 9.10 Å². The summed E-state index contributed by atoms with van der Waals surface area (Å²) >= 11 is 0. The molecule has 8 nitrogen and oxygen atoms in total. The number of aryl methyl sites for hydroxylation is 2. The van der Waals surface area contributed by atoms with E-state index in [0.717, 1.165) is 15.4 Å². The summed E-state index contributed by atoms with van der Waals surface area (Å²) in [5.41, 5.74) is 5.44. The lowest BCUT2D eigenvalue weighted by atomic mass is 10.1. The third-order valence-electron chi connectivity index (χ3n) is 5.37. The molecule has 3 aromatic rings. The zero-order valence-corrected chi connectivity index (χ0v) is 21.7. The predicted molar refractivity (Wildman–Crippen MR) is 141 cm³/mol. The van der Waals surface area contributed by atoms with Crippen molar-refractivity contribution >= 4 is 27.8 Å². The van der Waals surface area contributed by atoms with Crippen LogP contribution in [0.3, 0.4) is 0 Å². The molecule has 36 heavy (non-hydrogen) atoms. The Labute approximate surface area is 212 Å². The maximum Gasteiger partial charge on any atom is 0.264 e. The van der Waals surface area contributed by atoms with E-state index in [-0.39, 0.29) is 4.90 Å². The second-order valence-electron chi connectivity index (χ2n) is 7.96. The van der Waals surface area contributed by atoms with Crippen LogP contribution in [0.5, 0.6) is 11.5 Å². The second kappa shape index (κ2) is 12.2. The molecule has 190 valence electrons. The van der Waals surface area contributed by atoms with Gasteiger partial charge in [0.1, 0.15) is 6.54 Å². The summed E-state index contributed by atoms with van der Waals surface area (Å²) in [5.74, 6) is 0.611.